The van der Waals surface area contributed by atoms with E-state index in [2.05, 4.69) is 20.2 Å². The number of fused-ring (bicyclic) bond motifs is 1. The van der Waals surface area contributed by atoms with Gasteiger partial charge in [-0.05, 0) is 38.2 Å². The van der Waals surface area contributed by atoms with Crippen molar-refractivity contribution in [3.8, 4) is 0 Å². The Bertz CT molecular complexity index is 958. The lowest BCUT2D eigenvalue weighted by Crippen LogP contribution is -2.27. The highest BCUT2D eigenvalue weighted by Gasteiger charge is 2.21. The van der Waals surface area contributed by atoms with E-state index in [9.17, 15) is 9.90 Å². The number of aromatic carboxylic acids is 1. The summed E-state index contributed by atoms with van der Waals surface area (Å²) in [6.45, 7) is 2.36. The van der Waals surface area contributed by atoms with Crippen molar-refractivity contribution in [3.63, 3.8) is 0 Å². The van der Waals surface area contributed by atoms with E-state index in [-0.39, 0.29) is 6.04 Å². The fourth-order valence-electron chi connectivity index (χ4n) is 2.92. The van der Waals surface area contributed by atoms with Crippen LogP contribution in [0.2, 0.25) is 5.02 Å². The smallest absolute Gasteiger partial charge is 0.346 e. The van der Waals surface area contributed by atoms with Crippen LogP contribution in [-0.4, -0.2) is 46.6 Å². The first-order valence-corrected chi connectivity index (χ1v) is 9.21. The third-order valence-corrected chi connectivity index (χ3v) is 5.80. The van der Waals surface area contributed by atoms with Crippen LogP contribution in [0.5, 0.6) is 0 Å². The molecule has 0 saturated heterocycles. The summed E-state index contributed by atoms with van der Waals surface area (Å²) in [5, 5.41) is 14.2. The number of likely N-dealkylation sites (N-methyl/N-ethyl adjacent to an activating group) is 1. The molecule has 3 aromatic rings. The normalized spacial score (nSPS) is 12.5. The lowest BCUT2D eigenvalue weighted by molar-refractivity contribution is 0.0701. The standard InChI is InChI=1S/C18H19ClN4O2S/c1-10-14-16(21-9-22-17(14)26-15(10)18(24)25)20-8-13(23(2)3)11-6-4-5-7-12(11)19/h4-7,9,13H,8H2,1-3H3,(H,24,25)(H,20,21,22)/t13-/m0/s1. The third-order valence-electron chi connectivity index (χ3n) is 4.27. The van der Waals surface area contributed by atoms with Crippen molar-refractivity contribution in [2.45, 2.75) is 13.0 Å². The molecule has 3 rings (SSSR count). The van der Waals surface area contributed by atoms with Crippen molar-refractivity contribution in [2.24, 2.45) is 0 Å². The Morgan fingerprint density at radius 3 is 2.73 bits per heavy atom. The van der Waals surface area contributed by atoms with Crippen molar-refractivity contribution in [1.82, 2.24) is 14.9 Å². The molecule has 2 heterocycles. The SMILES string of the molecule is Cc1c(C(=O)O)sc2ncnc(NC[C@@H](c3ccccc3Cl)N(C)C)c12. The van der Waals surface area contributed by atoms with Gasteiger partial charge in [0.2, 0.25) is 0 Å². The Labute approximate surface area is 160 Å². The van der Waals surface area contributed by atoms with Crippen molar-refractivity contribution in [2.75, 3.05) is 26.0 Å². The van der Waals surface area contributed by atoms with Gasteiger partial charge in [-0.15, -0.1) is 11.3 Å². The van der Waals surface area contributed by atoms with E-state index in [0.717, 1.165) is 22.3 Å². The zero-order valence-corrected chi connectivity index (χ0v) is 16.2. The zero-order valence-electron chi connectivity index (χ0n) is 14.7. The first-order chi connectivity index (χ1) is 12.4. The molecule has 0 bridgehead atoms. The van der Waals surface area contributed by atoms with Gasteiger partial charge in [-0.3, -0.25) is 0 Å². The molecule has 8 heteroatoms. The molecule has 26 heavy (non-hydrogen) atoms. The summed E-state index contributed by atoms with van der Waals surface area (Å²) >= 11 is 7.52. The molecular formula is C18H19ClN4O2S. The van der Waals surface area contributed by atoms with Gasteiger partial charge in [-0.25, -0.2) is 14.8 Å². The van der Waals surface area contributed by atoms with E-state index in [1.54, 1.807) is 6.92 Å². The van der Waals surface area contributed by atoms with Gasteiger partial charge >= 0.3 is 5.97 Å². The highest BCUT2D eigenvalue weighted by atomic mass is 35.5. The predicted octanol–water partition coefficient (Wildman–Crippen LogP) is 4.07. The van der Waals surface area contributed by atoms with Crippen LogP contribution in [0, 0.1) is 6.92 Å². The summed E-state index contributed by atoms with van der Waals surface area (Å²) in [5.41, 5.74) is 1.70. The molecule has 2 N–H and O–H groups in total. The minimum Gasteiger partial charge on any atom is -0.477 e. The van der Waals surface area contributed by atoms with Crippen LogP contribution in [0.1, 0.15) is 26.8 Å². The Morgan fingerprint density at radius 2 is 2.08 bits per heavy atom. The summed E-state index contributed by atoms with van der Waals surface area (Å²) in [4.78, 5) is 23.0. The van der Waals surface area contributed by atoms with E-state index >= 15 is 0 Å². The second-order valence-corrected chi connectivity index (χ2v) is 7.55. The number of aryl methyl sites for hydroxylation is 1. The Kier molecular flexibility index (Phi) is 5.41. The largest absolute Gasteiger partial charge is 0.477 e. The summed E-state index contributed by atoms with van der Waals surface area (Å²) < 4.78 is 0. The van der Waals surface area contributed by atoms with Crippen LogP contribution in [0.25, 0.3) is 10.2 Å². The number of carboxylic acid groups (broad SMARTS) is 1. The van der Waals surface area contributed by atoms with E-state index < -0.39 is 5.97 Å². The summed E-state index contributed by atoms with van der Waals surface area (Å²) in [7, 11) is 3.98. The first kappa shape index (κ1) is 18.6. The van der Waals surface area contributed by atoms with E-state index in [0.29, 0.717) is 32.7 Å². The Hall–Kier alpha value is -2.22. The molecular weight excluding hydrogens is 372 g/mol. The fraction of sp³-hybridized carbons (Fsp3) is 0.278. The molecule has 0 aliphatic rings. The van der Waals surface area contributed by atoms with Gasteiger partial charge in [0.15, 0.2) is 0 Å². The lowest BCUT2D eigenvalue weighted by Gasteiger charge is -2.26. The molecule has 0 fully saturated rings. The molecule has 0 spiro atoms. The molecule has 0 aliphatic heterocycles. The van der Waals surface area contributed by atoms with Gasteiger partial charge in [0.25, 0.3) is 0 Å². The van der Waals surface area contributed by atoms with Gasteiger partial charge in [-0.2, -0.15) is 0 Å². The fourth-order valence-corrected chi connectivity index (χ4v) is 4.17. The lowest BCUT2D eigenvalue weighted by atomic mass is 10.1. The van der Waals surface area contributed by atoms with Crippen LogP contribution < -0.4 is 5.32 Å². The molecule has 0 saturated carbocycles. The highest BCUT2D eigenvalue weighted by Crippen LogP contribution is 2.34. The predicted molar refractivity (Wildman–Crippen MR) is 105 cm³/mol. The number of thiophene rings is 1. The maximum atomic E-state index is 11.4. The van der Waals surface area contributed by atoms with Crippen LogP contribution in [-0.2, 0) is 0 Å². The number of rotatable bonds is 6. The van der Waals surface area contributed by atoms with E-state index in [1.807, 2.05) is 38.4 Å². The van der Waals surface area contributed by atoms with Gasteiger partial charge < -0.3 is 15.3 Å². The molecule has 0 unspecified atom stereocenters. The number of hydrogen-bond donors (Lipinski definition) is 2. The highest BCUT2D eigenvalue weighted by molar-refractivity contribution is 7.20. The maximum absolute atomic E-state index is 11.4. The molecule has 6 nitrogen and oxygen atoms in total. The van der Waals surface area contributed by atoms with Crippen LogP contribution in [0.15, 0.2) is 30.6 Å². The maximum Gasteiger partial charge on any atom is 0.346 e. The molecule has 136 valence electrons. The number of nitrogens with zero attached hydrogens (tertiary/aromatic N) is 3. The first-order valence-electron chi connectivity index (χ1n) is 8.02. The number of carbonyl (C=O) groups is 1. The zero-order chi connectivity index (χ0) is 18.8. The minimum absolute atomic E-state index is 0.0339. The topological polar surface area (TPSA) is 78.3 Å². The second kappa shape index (κ2) is 7.57. The number of carboxylic acids is 1. The van der Waals surface area contributed by atoms with Crippen LogP contribution in [0.4, 0.5) is 5.82 Å². The van der Waals surface area contributed by atoms with Gasteiger partial charge in [-0.1, -0.05) is 29.8 Å². The number of nitrogens with one attached hydrogen (secondary N) is 1. The third kappa shape index (κ3) is 3.51. The molecule has 2 aromatic heterocycles. The Morgan fingerprint density at radius 1 is 1.35 bits per heavy atom. The summed E-state index contributed by atoms with van der Waals surface area (Å²) in [5.74, 6) is -0.311. The molecule has 0 amide bonds. The van der Waals surface area contributed by atoms with Crippen molar-refractivity contribution in [1.29, 1.82) is 0 Å². The quantitative estimate of drug-likeness (QED) is 0.660. The minimum atomic E-state index is -0.946. The molecule has 1 atom stereocenters. The van der Waals surface area contributed by atoms with Crippen LogP contribution >= 0.6 is 22.9 Å². The van der Waals surface area contributed by atoms with Gasteiger partial charge in [0, 0.05) is 11.6 Å². The van der Waals surface area contributed by atoms with E-state index in [4.69, 9.17) is 11.6 Å². The van der Waals surface area contributed by atoms with Gasteiger partial charge in [0.05, 0.1) is 11.4 Å². The molecule has 0 radical (unpaired) electrons. The van der Waals surface area contributed by atoms with Crippen molar-refractivity contribution in [3.05, 3.63) is 51.6 Å². The number of halogens is 1. The van der Waals surface area contributed by atoms with Gasteiger partial charge in [0.1, 0.15) is 21.9 Å². The van der Waals surface area contributed by atoms with Crippen LogP contribution in [0.3, 0.4) is 0 Å². The molecule has 1 aromatic carbocycles. The second-order valence-electron chi connectivity index (χ2n) is 6.15. The number of benzene rings is 1. The Balaban J connectivity index is 1.93. The van der Waals surface area contributed by atoms with Crippen molar-refractivity contribution < 1.29 is 9.90 Å². The number of hydrogen-bond acceptors (Lipinski definition) is 6. The number of anilines is 1. The van der Waals surface area contributed by atoms with Crippen molar-refractivity contribution >= 4 is 44.9 Å². The monoisotopic (exact) mass is 390 g/mol. The average molecular weight is 391 g/mol. The van der Waals surface area contributed by atoms with E-state index in [1.165, 1.54) is 6.33 Å². The average Bonchev–Trinajstić information content (AvgIpc) is 2.94. The number of aromatic nitrogens is 2. The summed E-state index contributed by atoms with van der Waals surface area (Å²) in [6.07, 6.45) is 1.45. The molecule has 0 aliphatic carbocycles. The summed E-state index contributed by atoms with van der Waals surface area (Å²) in [6, 6.07) is 7.78.